The number of rotatable bonds is 8. The highest BCUT2D eigenvalue weighted by atomic mass is 35.5. The van der Waals surface area contributed by atoms with Crippen molar-refractivity contribution in [3.8, 4) is 78.4 Å². The number of hydrogen-bond acceptors (Lipinski definition) is 8. The standard InChI is InChI=1S/C42H26N2S.C32H29BO2.C16H9ClN2S/c1-2-12-27(13-3-1)40-39-36-22-8-9-23-38(36)45-42(39)44-41(43-40)32-18-11-16-29(25-32)28-15-10-17-30(24-28)37-26-31-14-4-5-19-33(31)34-20-6-7-21-35(34)37;1-31(2)32(3,4)35-33(34-31)26-15-10-13-23(20-26)22-12-9-14-24(19-22)30-21-25-11-5-6-16-27(25)28-17-7-8-18-29(28)30;17-16-18-14(10-6-2-1-3-7-10)13-11-8-4-5-9-12(11)20-15(13)19-16/h1-26H;5-21H,1-4H3;1-9H. The van der Waals surface area contributed by atoms with Gasteiger partial charge in [-0.25, -0.2) is 19.9 Å². The fourth-order valence-electron chi connectivity index (χ4n) is 14.0. The molecular weight excluding hydrogens is 1280 g/mol. The molecule has 100 heavy (non-hydrogen) atoms. The Labute approximate surface area is 593 Å². The summed E-state index contributed by atoms with van der Waals surface area (Å²) in [4.78, 5) is 21.1. The third-order valence-electron chi connectivity index (χ3n) is 19.6. The van der Waals surface area contributed by atoms with E-state index < -0.39 is 0 Å². The van der Waals surface area contributed by atoms with Gasteiger partial charge in [-0.05, 0) is 175 Å². The van der Waals surface area contributed by atoms with E-state index >= 15 is 0 Å². The van der Waals surface area contributed by atoms with E-state index in [1.54, 1.807) is 22.7 Å². The lowest BCUT2D eigenvalue weighted by Crippen LogP contribution is -2.41. The lowest BCUT2D eigenvalue weighted by molar-refractivity contribution is 0.00578. The smallest absolute Gasteiger partial charge is 0.399 e. The van der Waals surface area contributed by atoms with E-state index in [0.717, 1.165) is 76.5 Å². The molecular formula is C90H64BClN4O2S2. The van der Waals surface area contributed by atoms with Crippen molar-refractivity contribution < 1.29 is 9.31 Å². The maximum atomic E-state index is 6.30. The molecule has 14 aromatic carbocycles. The highest BCUT2D eigenvalue weighted by Gasteiger charge is 2.51. The fraction of sp³-hybridized carbons (Fsp3) is 0.0667. The average Bonchev–Trinajstić information content (AvgIpc) is 1.43. The van der Waals surface area contributed by atoms with Gasteiger partial charge in [0.1, 0.15) is 9.66 Å². The van der Waals surface area contributed by atoms with Gasteiger partial charge in [0.05, 0.1) is 22.6 Å². The largest absolute Gasteiger partial charge is 0.494 e. The number of hydrogen-bond donors (Lipinski definition) is 0. The molecule has 0 atom stereocenters. The molecule has 18 aromatic rings. The van der Waals surface area contributed by atoms with Crippen molar-refractivity contribution in [2.24, 2.45) is 0 Å². The zero-order chi connectivity index (χ0) is 67.5. The molecule has 0 unspecified atom stereocenters. The molecule has 5 heterocycles. The molecule has 0 amide bonds. The first-order valence-electron chi connectivity index (χ1n) is 33.7. The molecule has 0 aliphatic carbocycles. The molecule has 478 valence electrons. The van der Waals surface area contributed by atoms with E-state index in [1.165, 1.54) is 91.1 Å². The minimum Gasteiger partial charge on any atom is -0.399 e. The number of aromatic nitrogens is 4. The first-order valence-corrected chi connectivity index (χ1v) is 35.7. The molecule has 1 aliphatic rings. The Morgan fingerprint density at radius 3 is 1.16 bits per heavy atom. The Hall–Kier alpha value is -11.0. The third kappa shape index (κ3) is 11.7. The second-order valence-electron chi connectivity index (χ2n) is 26.4. The summed E-state index contributed by atoms with van der Waals surface area (Å²) in [5.74, 6) is 0.742. The van der Waals surface area contributed by atoms with Crippen LogP contribution in [0.15, 0.2) is 315 Å². The van der Waals surface area contributed by atoms with Crippen LogP contribution in [0.25, 0.3) is 162 Å². The zero-order valence-electron chi connectivity index (χ0n) is 55.4. The topological polar surface area (TPSA) is 70.0 Å². The van der Waals surface area contributed by atoms with Crippen molar-refractivity contribution >= 4 is 131 Å². The van der Waals surface area contributed by atoms with E-state index in [-0.39, 0.29) is 18.3 Å². The quantitative estimate of drug-likeness (QED) is 0.0858. The monoisotopic (exact) mass is 1340 g/mol. The van der Waals surface area contributed by atoms with Crippen molar-refractivity contribution in [1.82, 2.24) is 19.9 Å². The van der Waals surface area contributed by atoms with Gasteiger partial charge in [0.25, 0.3) is 0 Å². The van der Waals surface area contributed by atoms with Crippen molar-refractivity contribution in [1.29, 1.82) is 0 Å². The van der Waals surface area contributed by atoms with Crippen LogP contribution in [-0.4, -0.2) is 38.3 Å². The summed E-state index contributed by atoms with van der Waals surface area (Å²) in [6, 6.07) is 112. The lowest BCUT2D eigenvalue weighted by atomic mass is 9.78. The maximum Gasteiger partial charge on any atom is 0.494 e. The van der Waals surface area contributed by atoms with Gasteiger partial charge < -0.3 is 9.31 Å². The lowest BCUT2D eigenvalue weighted by Gasteiger charge is -2.32. The van der Waals surface area contributed by atoms with Crippen LogP contribution in [-0.2, 0) is 9.31 Å². The molecule has 0 spiro atoms. The third-order valence-corrected chi connectivity index (χ3v) is 21.9. The summed E-state index contributed by atoms with van der Waals surface area (Å²) in [6.07, 6.45) is 0. The molecule has 4 aromatic heterocycles. The summed E-state index contributed by atoms with van der Waals surface area (Å²) in [6.45, 7) is 8.37. The van der Waals surface area contributed by atoms with Gasteiger partial charge in [-0.2, -0.15) is 0 Å². The second kappa shape index (κ2) is 26.0. The van der Waals surface area contributed by atoms with Crippen LogP contribution in [0.1, 0.15) is 27.7 Å². The first kappa shape index (κ1) is 62.5. The Morgan fingerprint density at radius 2 is 0.660 bits per heavy atom. The van der Waals surface area contributed by atoms with Crippen molar-refractivity contribution in [3.05, 3.63) is 321 Å². The van der Waals surface area contributed by atoms with Gasteiger partial charge in [0, 0.05) is 47.6 Å². The summed E-state index contributed by atoms with van der Waals surface area (Å²) in [5.41, 5.74) is 14.9. The van der Waals surface area contributed by atoms with E-state index in [0.29, 0.717) is 5.28 Å². The average molecular weight is 1340 g/mol. The van der Waals surface area contributed by atoms with Crippen LogP contribution in [0.3, 0.4) is 0 Å². The molecule has 1 fully saturated rings. The number of halogens is 1. The van der Waals surface area contributed by atoms with Crippen molar-refractivity contribution in [2.75, 3.05) is 0 Å². The number of nitrogens with zero attached hydrogens (tertiary/aromatic N) is 4. The normalized spacial score (nSPS) is 13.3. The predicted octanol–water partition coefficient (Wildman–Crippen LogP) is 24.6. The minimum absolute atomic E-state index is 0.294. The molecule has 0 bridgehead atoms. The fourth-order valence-corrected chi connectivity index (χ4v) is 16.3. The van der Waals surface area contributed by atoms with Crippen molar-refractivity contribution in [3.63, 3.8) is 0 Å². The van der Waals surface area contributed by atoms with Crippen LogP contribution in [0, 0.1) is 0 Å². The zero-order valence-corrected chi connectivity index (χ0v) is 57.8. The Kier molecular flexibility index (Phi) is 16.3. The van der Waals surface area contributed by atoms with Crippen LogP contribution in [0.2, 0.25) is 5.28 Å². The number of benzene rings is 14. The molecule has 19 rings (SSSR count). The summed E-state index contributed by atoms with van der Waals surface area (Å²) in [5, 5.41) is 15.1. The Bertz CT molecular complexity index is 6160. The first-order chi connectivity index (χ1) is 48.9. The van der Waals surface area contributed by atoms with Crippen LogP contribution in [0.5, 0.6) is 0 Å². The molecule has 0 N–H and O–H groups in total. The van der Waals surface area contributed by atoms with E-state index in [9.17, 15) is 0 Å². The van der Waals surface area contributed by atoms with E-state index in [2.05, 4.69) is 305 Å². The van der Waals surface area contributed by atoms with Gasteiger partial charge in [0.2, 0.25) is 5.28 Å². The Morgan fingerprint density at radius 1 is 0.300 bits per heavy atom. The van der Waals surface area contributed by atoms with Gasteiger partial charge in [-0.3, -0.25) is 0 Å². The van der Waals surface area contributed by atoms with E-state index in [4.69, 9.17) is 30.9 Å². The van der Waals surface area contributed by atoms with Gasteiger partial charge in [-0.15, -0.1) is 22.7 Å². The SMILES string of the molecule is CC1(C)OB(c2cccc(-c3cccc(-c4cc5ccccc5c5ccccc45)c3)c2)OC1(C)C.Clc1nc(-c2ccccc2)c2c(n1)sc1ccccc12.c1ccc(-c2nc(-c3cccc(-c4cccc(-c5cc6ccccc6c6ccccc56)c4)c3)nc3sc4ccccc4c23)cc1. The molecule has 0 saturated carbocycles. The summed E-state index contributed by atoms with van der Waals surface area (Å²) < 4.78 is 15.0. The van der Waals surface area contributed by atoms with Crippen molar-refractivity contribution in [2.45, 2.75) is 38.9 Å². The highest BCUT2D eigenvalue weighted by Crippen LogP contribution is 2.44. The van der Waals surface area contributed by atoms with Gasteiger partial charge in [0.15, 0.2) is 5.82 Å². The van der Waals surface area contributed by atoms with Gasteiger partial charge in [-0.1, -0.05) is 273 Å². The number of thiophene rings is 2. The second-order valence-corrected chi connectivity index (χ2v) is 28.8. The highest BCUT2D eigenvalue weighted by molar-refractivity contribution is 7.26. The van der Waals surface area contributed by atoms with Crippen LogP contribution < -0.4 is 5.46 Å². The molecule has 10 heteroatoms. The molecule has 1 aliphatic heterocycles. The minimum atomic E-state index is -0.368. The summed E-state index contributed by atoms with van der Waals surface area (Å²) in [7, 11) is -0.368. The molecule has 0 radical (unpaired) electrons. The predicted molar refractivity (Wildman–Crippen MR) is 425 cm³/mol. The number of fused-ring (bicyclic) bond motifs is 12. The van der Waals surface area contributed by atoms with Gasteiger partial charge >= 0.3 is 7.12 Å². The molecule has 1 saturated heterocycles. The van der Waals surface area contributed by atoms with Crippen LogP contribution >= 0.6 is 34.3 Å². The molecule has 6 nitrogen and oxygen atoms in total. The van der Waals surface area contributed by atoms with E-state index in [1.807, 2.05) is 48.5 Å². The summed E-state index contributed by atoms with van der Waals surface area (Å²) >= 11 is 9.46. The van der Waals surface area contributed by atoms with Crippen LogP contribution in [0.4, 0.5) is 0 Å². The maximum absolute atomic E-state index is 6.30. The Balaban J connectivity index is 0.000000120.